The number of aliphatic imine (C=N–C) groups is 1. The Morgan fingerprint density at radius 1 is 1.33 bits per heavy atom. The molecule has 1 aromatic carbocycles. The van der Waals surface area contributed by atoms with Crippen LogP contribution in [0.25, 0.3) is 0 Å². The quantitative estimate of drug-likeness (QED) is 0.830. The number of anilines is 1. The topological polar surface area (TPSA) is 89.6 Å². The number of rotatable bonds is 3. The molecular formula is C17H14ClF3N4O2. The molecule has 0 saturated heterocycles. The van der Waals surface area contributed by atoms with Crippen molar-refractivity contribution in [1.82, 2.24) is 4.98 Å². The number of aromatic nitrogens is 1. The number of carbonyl (C=O) groups is 1. The number of carbonyl (C=O) groups excluding carboxylic acids is 1. The van der Waals surface area contributed by atoms with Crippen LogP contribution in [-0.2, 0) is 10.3 Å². The van der Waals surface area contributed by atoms with Crippen molar-refractivity contribution >= 4 is 29.2 Å². The first-order valence-corrected chi connectivity index (χ1v) is 8.09. The van der Waals surface area contributed by atoms with Crippen molar-refractivity contribution in [1.29, 1.82) is 0 Å². The molecule has 0 unspecified atom stereocenters. The summed E-state index contributed by atoms with van der Waals surface area (Å²) in [5, 5.41) is 2.82. The standard InChI is InChI=1S/C17H14ClF3N4O2/c1-16(17(20,21)8-27-15(22)25-16)11-6-10(3-4-12(11)19)24-14(26)13-5-2-9(18)7-23-13/h2-7H,8H2,1H3,(H2,22,25)(H,24,26)/t16-/m1/s1. The molecule has 2 heterocycles. The maximum absolute atomic E-state index is 14.4. The highest BCUT2D eigenvalue weighted by Crippen LogP contribution is 2.44. The van der Waals surface area contributed by atoms with Crippen LogP contribution in [0.4, 0.5) is 18.9 Å². The minimum atomic E-state index is -3.52. The lowest BCUT2D eigenvalue weighted by molar-refractivity contribution is -0.117. The number of nitrogens with two attached hydrogens (primary N) is 1. The predicted molar refractivity (Wildman–Crippen MR) is 93.5 cm³/mol. The maximum atomic E-state index is 14.4. The smallest absolute Gasteiger partial charge is 0.310 e. The third-order valence-corrected chi connectivity index (χ3v) is 4.38. The van der Waals surface area contributed by atoms with E-state index in [1.165, 1.54) is 24.4 Å². The van der Waals surface area contributed by atoms with Gasteiger partial charge in [-0.3, -0.25) is 4.79 Å². The number of amides is 1. The van der Waals surface area contributed by atoms with Crippen LogP contribution >= 0.6 is 11.6 Å². The summed E-state index contributed by atoms with van der Waals surface area (Å²) in [6, 6.07) is 5.67. The number of hydrogen-bond donors (Lipinski definition) is 2. The van der Waals surface area contributed by atoms with E-state index in [4.69, 9.17) is 17.3 Å². The summed E-state index contributed by atoms with van der Waals surface area (Å²) in [5.41, 5.74) is 2.83. The van der Waals surface area contributed by atoms with Crippen molar-refractivity contribution in [2.75, 3.05) is 11.9 Å². The average Bonchev–Trinajstić information content (AvgIpc) is 2.61. The number of hydrogen-bond acceptors (Lipinski definition) is 5. The first kappa shape index (κ1) is 19.0. The predicted octanol–water partition coefficient (Wildman–Crippen LogP) is 3.32. The second-order valence-corrected chi connectivity index (χ2v) is 6.46. The van der Waals surface area contributed by atoms with E-state index in [9.17, 15) is 18.0 Å². The molecule has 10 heteroatoms. The fourth-order valence-corrected chi connectivity index (χ4v) is 2.69. The van der Waals surface area contributed by atoms with E-state index < -0.39 is 41.4 Å². The van der Waals surface area contributed by atoms with Gasteiger partial charge in [0.2, 0.25) is 0 Å². The molecule has 0 spiro atoms. The van der Waals surface area contributed by atoms with Gasteiger partial charge in [0.1, 0.15) is 11.5 Å². The van der Waals surface area contributed by atoms with Crippen molar-refractivity contribution in [2.24, 2.45) is 10.7 Å². The molecule has 1 atom stereocenters. The van der Waals surface area contributed by atoms with Gasteiger partial charge in [-0.1, -0.05) is 11.6 Å². The monoisotopic (exact) mass is 398 g/mol. The number of nitrogens with one attached hydrogen (secondary N) is 1. The van der Waals surface area contributed by atoms with Crippen LogP contribution in [0.2, 0.25) is 5.02 Å². The van der Waals surface area contributed by atoms with Crippen LogP contribution in [0.1, 0.15) is 23.0 Å². The molecule has 0 bridgehead atoms. The van der Waals surface area contributed by atoms with Crippen LogP contribution in [0, 0.1) is 5.82 Å². The molecule has 142 valence electrons. The highest BCUT2D eigenvalue weighted by Gasteiger charge is 2.56. The molecule has 0 fully saturated rings. The van der Waals surface area contributed by atoms with E-state index in [2.05, 4.69) is 20.0 Å². The highest BCUT2D eigenvalue weighted by molar-refractivity contribution is 6.30. The summed E-state index contributed by atoms with van der Waals surface area (Å²) in [4.78, 5) is 19.7. The zero-order valence-electron chi connectivity index (χ0n) is 14.0. The minimum absolute atomic E-state index is 0.0511. The van der Waals surface area contributed by atoms with Gasteiger partial charge in [0.25, 0.3) is 11.9 Å². The van der Waals surface area contributed by atoms with Gasteiger partial charge in [0, 0.05) is 17.4 Å². The molecule has 3 N–H and O–H groups in total. The summed E-state index contributed by atoms with van der Waals surface area (Å²) in [7, 11) is 0. The van der Waals surface area contributed by atoms with Crippen molar-refractivity contribution < 1.29 is 22.7 Å². The van der Waals surface area contributed by atoms with Crippen molar-refractivity contribution in [3.8, 4) is 0 Å². The molecule has 1 amide bonds. The Hall–Kier alpha value is -2.81. The summed E-state index contributed by atoms with van der Waals surface area (Å²) < 4.78 is 47.8. The Bertz CT molecular complexity index is 921. The lowest BCUT2D eigenvalue weighted by Crippen LogP contribution is -2.51. The lowest BCUT2D eigenvalue weighted by Gasteiger charge is -2.37. The summed E-state index contributed by atoms with van der Waals surface area (Å²) >= 11 is 5.71. The normalized spacial score (nSPS) is 21.1. The van der Waals surface area contributed by atoms with E-state index in [-0.39, 0.29) is 11.4 Å². The van der Waals surface area contributed by atoms with Gasteiger partial charge >= 0.3 is 5.92 Å². The average molecular weight is 399 g/mol. The van der Waals surface area contributed by atoms with Gasteiger partial charge in [-0.2, -0.15) is 8.78 Å². The van der Waals surface area contributed by atoms with Gasteiger partial charge in [-0.25, -0.2) is 14.4 Å². The lowest BCUT2D eigenvalue weighted by atomic mass is 9.85. The molecule has 1 aliphatic rings. The van der Waals surface area contributed by atoms with Crippen molar-refractivity contribution in [2.45, 2.75) is 18.4 Å². The number of pyridine rings is 1. The molecular weight excluding hydrogens is 385 g/mol. The molecule has 3 rings (SSSR count). The molecule has 0 radical (unpaired) electrons. The van der Waals surface area contributed by atoms with Crippen molar-refractivity contribution in [3.05, 3.63) is 58.6 Å². The van der Waals surface area contributed by atoms with E-state index >= 15 is 0 Å². The number of amidine groups is 1. The van der Waals surface area contributed by atoms with Crippen molar-refractivity contribution in [3.63, 3.8) is 0 Å². The summed E-state index contributed by atoms with van der Waals surface area (Å²) in [5.74, 6) is -5.05. The zero-order valence-corrected chi connectivity index (χ0v) is 14.7. The largest absolute Gasteiger partial charge is 0.459 e. The van der Waals surface area contributed by atoms with Gasteiger partial charge in [0.05, 0.1) is 5.02 Å². The van der Waals surface area contributed by atoms with E-state index in [1.807, 2.05) is 0 Å². The fraction of sp³-hybridized carbons (Fsp3) is 0.235. The molecule has 27 heavy (non-hydrogen) atoms. The minimum Gasteiger partial charge on any atom is -0.459 e. The zero-order chi connectivity index (χ0) is 19.8. The third-order valence-electron chi connectivity index (χ3n) is 4.16. The SMILES string of the molecule is C[C@]1(c2cc(NC(=O)c3ccc(Cl)cn3)ccc2F)N=C(N)OCC1(F)F. The Morgan fingerprint density at radius 3 is 2.74 bits per heavy atom. The molecule has 2 aromatic rings. The Balaban J connectivity index is 1.96. The third kappa shape index (κ3) is 3.55. The first-order valence-electron chi connectivity index (χ1n) is 7.71. The molecule has 6 nitrogen and oxygen atoms in total. The van der Waals surface area contributed by atoms with E-state index in [0.29, 0.717) is 5.02 Å². The molecule has 0 saturated carbocycles. The maximum Gasteiger partial charge on any atom is 0.310 e. The van der Waals surface area contributed by atoms with Gasteiger partial charge in [-0.05, 0) is 37.3 Å². The number of benzene rings is 1. The summed E-state index contributed by atoms with van der Waals surface area (Å²) in [6.45, 7) is 0.0106. The van der Waals surface area contributed by atoms with Gasteiger partial charge < -0.3 is 15.8 Å². The number of halogens is 4. The first-order chi connectivity index (χ1) is 12.6. The molecule has 0 aliphatic carbocycles. The van der Waals surface area contributed by atoms with E-state index in [1.54, 1.807) is 0 Å². The highest BCUT2D eigenvalue weighted by atomic mass is 35.5. The molecule has 1 aromatic heterocycles. The van der Waals surface area contributed by atoms with Gasteiger partial charge in [-0.15, -0.1) is 0 Å². The van der Waals surface area contributed by atoms with Crippen LogP contribution in [0.15, 0.2) is 41.5 Å². The number of nitrogens with zero attached hydrogens (tertiary/aromatic N) is 2. The second-order valence-electron chi connectivity index (χ2n) is 6.03. The second kappa shape index (κ2) is 6.73. The Labute approximate surface area is 157 Å². The number of alkyl halides is 2. The number of ether oxygens (including phenoxy) is 1. The fourth-order valence-electron chi connectivity index (χ4n) is 2.58. The van der Waals surface area contributed by atoms with Crippen LogP contribution < -0.4 is 11.1 Å². The molecule has 1 aliphatic heterocycles. The van der Waals surface area contributed by atoms with Crippen LogP contribution in [0.5, 0.6) is 0 Å². The van der Waals surface area contributed by atoms with E-state index in [0.717, 1.165) is 19.1 Å². The van der Waals surface area contributed by atoms with Crippen LogP contribution in [0.3, 0.4) is 0 Å². The summed E-state index contributed by atoms with van der Waals surface area (Å²) in [6.07, 6.45) is 1.29. The van der Waals surface area contributed by atoms with Gasteiger partial charge in [0.15, 0.2) is 12.1 Å². The van der Waals surface area contributed by atoms with Crippen LogP contribution in [-0.4, -0.2) is 29.4 Å². The Morgan fingerprint density at radius 2 is 2.07 bits per heavy atom. The Kier molecular flexibility index (Phi) is 4.73.